The van der Waals surface area contributed by atoms with E-state index in [1.54, 1.807) is 9.58 Å². The van der Waals surface area contributed by atoms with E-state index in [1.165, 1.54) is 25.5 Å². The van der Waals surface area contributed by atoms with Gasteiger partial charge in [-0.1, -0.05) is 12.5 Å². The second-order valence-corrected chi connectivity index (χ2v) is 13.4. The lowest BCUT2D eigenvalue weighted by molar-refractivity contribution is -0.140. The predicted molar refractivity (Wildman–Crippen MR) is 161 cm³/mol. The summed E-state index contributed by atoms with van der Waals surface area (Å²) in [5.41, 5.74) is 1.84. The van der Waals surface area contributed by atoms with E-state index < -0.39 is 36.0 Å². The molecule has 8 nitrogen and oxygen atoms in total. The molecule has 2 N–H and O–H groups in total. The van der Waals surface area contributed by atoms with Crippen molar-refractivity contribution in [3.63, 3.8) is 0 Å². The van der Waals surface area contributed by atoms with Crippen molar-refractivity contribution in [1.82, 2.24) is 24.5 Å². The van der Waals surface area contributed by atoms with E-state index in [1.807, 2.05) is 0 Å². The largest absolute Gasteiger partial charge is 0.417 e. The van der Waals surface area contributed by atoms with Crippen LogP contribution >= 0.6 is 11.8 Å². The van der Waals surface area contributed by atoms with E-state index in [4.69, 9.17) is 5.10 Å². The van der Waals surface area contributed by atoms with Crippen LogP contribution in [0.1, 0.15) is 55.8 Å². The first-order valence-corrected chi connectivity index (χ1v) is 16.6. The molecule has 0 bridgehead atoms. The third kappa shape index (κ3) is 8.14. The minimum Gasteiger partial charge on any atom is -0.390 e. The third-order valence-corrected chi connectivity index (χ3v) is 9.88. The van der Waals surface area contributed by atoms with Crippen LogP contribution in [0.25, 0.3) is 11.3 Å². The molecule has 244 valence electrons. The number of piperidine rings is 2. The molecule has 13 heteroatoms. The number of carbonyl (C=O) groups excluding carboxylic acids is 1. The molecule has 3 aliphatic rings. The van der Waals surface area contributed by atoms with Crippen molar-refractivity contribution in [2.45, 2.75) is 88.0 Å². The Hall–Kier alpha value is -2.19. The Labute approximate surface area is 260 Å². The second kappa shape index (κ2) is 14.5. The Morgan fingerprint density at radius 1 is 1.05 bits per heavy atom. The van der Waals surface area contributed by atoms with E-state index >= 15 is 0 Å². The number of hydrogen-bond donors (Lipinski definition) is 2. The van der Waals surface area contributed by atoms with E-state index in [0.717, 1.165) is 55.0 Å². The lowest BCUT2D eigenvalue weighted by Gasteiger charge is -2.30. The number of hydrogen-bond acceptors (Lipinski definition) is 7. The summed E-state index contributed by atoms with van der Waals surface area (Å²) in [6, 6.07) is 4.03. The van der Waals surface area contributed by atoms with Gasteiger partial charge in [-0.15, -0.1) is 11.8 Å². The fourth-order valence-electron chi connectivity index (χ4n) is 6.46. The average Bonchev–Trinajstić information content (AvgIpc) is 3.34. The number of fused-ring (bicyclic) bond motifs is 1. The number of thioether (sulfide) groups is 1. The summed E-state index contributed by atoms with van der Waals surface area (Å²) in [5.74, 6) is 0.00926. The first kappa shape index (κ1) is 33.2. The zero-order chi connectivity index (χ0) is 31.4. The van der Waals surface area contributed by atoms with Gasteiger partial charge in [-0.05, 0) is 57.8 Å². The Bertz CT molecular complexity index is 1280. The number of amides is 1. The van der Waals surface area contributed by atoms with Crippen molar-refractivity contribution < 1.29 is 32.6 Å². The highest BCUT2D eigenvalue weighted by atomic mass is 32.2. The molecule has 4 heterocycles. The summed E-state index contributed by atoms with van der Waals surface area (Å²) in [4.78, 5) is 18.7. The first-order valence-electron chi connectivity index (χ1n) is 15.7. The Kier molecular flexibility index (Phi) is 10.9. The molecule has 3 aliphatic heterocycles. The fraction of sp³-hybridized carbons (Fsp3) is 0.677. The maximum atomic E-state index is 14.1. The first-order chi connectivity index (χ1) is 21.0. The van der Waals surface area contributed by atoms with Crippen LogP contribution in [0.5, 0.6) is 0 Å². The van der Waals surface area contributed by atoms with Gasteiger partial charge < -0.3 is 24.9 Å². The zero-order valence-electron chi connectivity index (χ0n) is 25.2. The van der Waals surface area contributed by atoms with Gasteiger partial charge >= 0.3 is 6.18 Å². The molecule has 0 aliphatic carbocycles. The summed E-state index contributed by atoms with van der Waals surface area (Å²) in [6.07, 6.45) is -2.45. The van der Waals surface area contributed by atoms with Crippen LogP contribution in [0.3, 0.4) is 0 Å². The molecular weight excluding hydrogens is 598 g/mol. The van der Waals surface area contributed by atoms with Crippen molar-refractivity contribution in [1.29, 1.82) is 0 Å². The third-order valence-electron chi connectivity index (χ3n) is 8.85. The van der Waals surface area contributed by atoms with Crippen LogP contribution in [-0.2, 0) is 30.5 Å². The Balaban J connectivity index is 1.42. The Morgan fingerprint density at radius 2 is 1.77 bits per heavy atom. The van der Waals surface area contributed by atoms with Crippen LogP contribution in [0.4, 0.5) is 17.6 Å². The number of nitrogens with zero attached hydrogens (tertiary/aromatic N) is 5. The number of likely N-dealkylation sites (tertiary alicyclic amines) is 2. The lowest BCUT2D eigenvalue weighted by atomic mass is 9.99. The lowest BCUT2D eigenvalue weighted by Crippen LogP contribution is -2.42. The Morgan fingerprint density at radius 3 is 2.45 bits per heavy atom. The standard InChI is InChI=1S/C31H43F4N5O3S/c1-21(41)30(43)39-14-9-27-25(20-39)29(36-40(27)19-24(42)18-38-10-3-2-4-11-38)22-5-6-26(31(33,34)35)28(17-22)44-16-15-37-12-7-23(32)8-13-37/h5-6,17,21,23-24,41-42H,2-4,7-16,18-20H2,1H3/t21?,24-/m0/s1. The molecule has 1 unspecified atom stereocenters. The molecule has 5 rings (SSSR count). The van der Waals surface area contributed by atoms with Crippen molar-refractivity contribution in [2.75, 3.05) is 51.6 Å². The van der Waals surface area contributed by atoms with Crippen molar-refractivity contribution in [3.05, 3.63) is 35.0 Å². The zero-order valence-corrected chi connectivity index (χ0v) is 26.1. The quantitative estimate of drug-likeness (QED) is 0.297. The highest BCUT2D eigenvalue weighted by Gasteiger charge is 2.35. The van der Waals surface area contributed by atoms with Crippen LogP contribution in [0, 0.1) is 0 Å². The highest BCUT2D eigenvalue weighted by Crippen LogP contribution is 2.40. The maximum Gasteiger partial charge on any atom is 0.417 e. The van der Waals surface area contributed by atoms with E-state index in [2.05, 4.69) is 9.80 Å². The molecule has 1 aromatic heterocycles. The molecule has 2 fully saturated rings. The summed E-state index contributed by atoms with van der Waals surface area (Å²) >= 11 is 1.13. The minimum absolute atomic E-state index is 0.0940. The number of halogens is 4. The molecule has 2 aromatic rings. The van der Waals surface area contributed by atoms with Crippen molar-refractivity contribution in [3.8, 4) is 11.3 Å². The topological polar surface area (TPSA) is 85.1 Å². The van der Waals surface area contributed by atoms with Gasteiger partial charge in [0.25, 0.3) is 5.91 Å². The monoisotopic (exact) mass is 641 g/mol. The molecule has 1 aromatic carbocycles. The minimum atomic E-state index is -4.54. The van der Waals surface area contributed by atoms with Crippen LogP contribution in [0.15, 0.2) is 23.1 Å². The highest BCUT2D eigenvalue weighted by molar-refractivity contribution is 7.99. The number of carbonyl (C=O) groups is 1. The van der Waals surface area contributed by atoms with Crippen LogP contribution in [-0.4, -0.2) is 111 Å². The second-order valence-electron chi connectivity index (χ2n) is 12.2. The van der Waals surface area contributed by atoms with Gasteiger partial charge in [0.1, 0.15) is 12.3 Å². The van der Waals surface area contributed by atoms with Gasteiger partial charge in [-0.25, -0.2) is 4.39 Å². The number of rotatable bonds is 10. The molecule has 0 saturated carbocycles. The van der Waals surface area contributed by atoms with Gasteiger partial charge in [0.15, 0.2) is 0 Å². The number of β-amino-alcohol motifs (C(OH)–C–C–N with tert-alkyl or cyclic N) is 1. The average molecular weight is 642 g/mol. The number of aliphatic hydroxyl groups excluding tert-OH is 2. The normalized spacial score (nSPS) is 20.5. The van der Waals surface area contributed by atoms with Gasteiger partial charge in [-0.2, -0.15) is 18.3 Å². The van der Waals surface area contributed by atoms with Crippen LogP contribution in [0.2, 0.25) is 0 Å². The van der Waals surface area contributed by atoms with Crippen molar-refractivity contribution >= 4 is 17.7 Å². The molecule has 1 amide bonds. The van der Waals surface area contributed by atoms with Gasteiger partial charge in [0.05, 0.1) is 23.9 Å². The molecular formula is C31H43F4N5O3S. The molecule has 0 spiro atoms. The van der Waals surface area contributed by atoms with Crippen molar-refractivity contribution in [2.24, 2.45) is 0 Å². The number of benzene rings is 1. The smallest absolute Gasteiger partial charge is 0.390 e. The summed E-state index contributed by atoms with van der Waals surface area (Å²) in [6.45, 7) is 6.36. The molecule has 2 atom stereocenters. The SMILES string of the molecule is CC(O)C(=O)N1CCc2c(c(-c3ccc(C(F)(F)F)c(SCCN4CCC(F)CC4)c3)nn2C[C@@H](O)CN2CCCCC2)C1. The van der Waals surface area contributed by atoms with E-state index in [0.29, 0.717) is 69.0 Å². The van der Waals surface area contributed by atoms with Gasteiger partial charge in [-0.3, -0.25) is 9.48 Å². The summed E-state index contributed by atoms with van der Waals surface area (Å²) in [7, 11) is 0. The van der Waals surface area contributed by atoms with Gasteiger partial charge in [0.2, 0.25) is 0 Å². The summed E-state index contributed by atoms with van der Waals surface area (Å²) in [5, 5.41) is 25.8. The van der Waals surface area contributed by atoms with Gasteiger partial charge in [0, 0.05) is 73.2 Å². The molecule has 0 radical (unpaired) electrons. The fourth-order valence-corrected chi connectivity index (χ4v) is 7.58. The predicted octanol–water partition coefficient (Wildman–Crippen LogP) is 4.21. The number of alkyl halides is 4. The number of aliphatic hydroxyl groups is 2. The van der Waals surface area contributed by atoms with Crippen LogP contribution < -0.4 is 0 Å². The van der Waals surface area contributed by atoms with E-state index in [-0.39, 0.29) is 18.0 Å². The molecule has 44 heavy (non-hydrogen) atoms. The van der Waals surface area contributed by atoms with E-state index in [9.17, 15) is 32.6 Å². The number of aromatic nitrogens is 2. The molecule has 2 saturated heterocycles. The summed E-state index contributed by atoms with van der Waals surface area (Å²) < 4.78 is 57.4. The maximum absolute atomic E-state index is 14.1.